The van der Waals surface area contributed by atoms with Gasteiger partial charge in [-0.2, -0.15) is 0 Å². The third-order valence-electron chi connectivity index (χ3n) is 10.1. The van der Waals surface area contributed by atoms with E-state index in [-0.39, 0.29) is 24.9 Å². The number of amides is 1. The molecule has 322 valence electrons. The first-order chi connectivity index (χ1) is 27.5. The Hall–Kier alpha value is -2.70. The predicted molar refractivity (Wildman–Crippen MR) is 241 cm³/mol. The third-order valence-corrected chi connectivity index (χ3v) is 10.1. The smallest absolute Gasteiger partial charge is 0.306 e. The van der Waals surface area contributed by atoms with Gasteiger partial charge in [0.1, 0.15) is 6.10 Å². The number of ether oxygens (including phenoxy) is 1. The molecule has 1 amide bonds. The zero-order valence-electron chi connectivity index (χ0n) is 36.5. The minimum Gasteiger partial charge on any atom is -0.462 e. The van der Waals surface area contributed by atoms with Crippen LogP contribution in [0.5, 0.6) is 0 Å². The van der Waals surface area contributed by atoms with Crippen LogP contribution in [0.15, 0.2) is 72.9 Å². The Kier molecular flexibility index (Phi) is 41.3. The molecule has 0 aromatic heterocycles. The highest BCUT2D eigenvalue weighted by Crippen LogP contribution is 2.16. The molecule has 0 aliphatic carbocycles. The molecule has 0 rings (SSSR count). The highest BCUT2D eigenvalue weighted by molar-refractivity contribution is 5.77. The van der Waals surface area contributed by atoms with Crippen LogP contribution in [0.1, 0.15) is 207 Å². The molecule has 0 saturated carbocycles. The first kappa shape index (κ1) is 53.3. The molecular weight excluding hydrogens is 695 g/mol. The van der Waals surface area contributed by atoms with Crippen LogP contribution in [0.25, 0.3) is 0 Å². The van der Waals surface area contributed by atoms with Crippen molar-refractivity contribution in [2.45, 2.75) is 225 Å². The Morgan fingerprint density at radius 1 is 0.554 bits per heavy atom. The summed E-state index contributed by atoms with van der Waals surface area (Å²) in [6.07, 6.45) is 53.9. The van der Waals surface area contributed by atoms with Gasteiger partial charge in [-0.3, -0.25) is 9.59 Å². The van der Waals surface area contributed by atoms with E-state index in [9.17, 15) is 19.8 Å². The van der Waals surface area contributed by atoms with Gasteiger partial charge in [-0.05, 0) is 83.5 Å². The summed E-state index contributed by atoms with van der Waals surface area (Å²) in [5.74, 6) is -0.542. The van der Waals surface area contributed by atoms with Crippen molar-refractivity contribution in [2.75, 3.05) is 6.61 Å². The second-order valence-electron chi connectivity index (χ2n) is 15.5. The summed E-state index contributed by atoms with van der Waals surface area (Å²) in [6, 6.07) is -0.718. The number of rotatable bonds is 40. The van der Waals surface area contributed by atoms with Crippen molar-refractivity contribution in [3.63, 3.8) is 0 Å². The van der Waals surface area contributed by atoms with E-state index in [4.69, 9.17) is 4.74 Å². The quantitative estimate of drug-likeness (QED) is 0.0249. The zero-order valence-corrected chi connectivity index (χ0v) is 36.5. The van der Waals surface area contributed by atoms with Crippen molar-refractivity contribution in [3.05, 3.63) is 72.9 Å². The van der Waals surface area contributed by atoms with E-state index in [1.807, 2.05) is 12.2 Å². The molecule has 6 nitrogen and oxygen atoms in total. The number of aliphatic hydroxyl groups is 2. The number of aliphatic hydroxyl groups excluding tert-OH is 2. The number of esters is 1. The highest BCUT2D eigenvalue weighted by Gasteiger charge is 2.24. The average molecular weight is 782 g/mol. The Balaban J connectivity index is 4.65. The van der Waals surface area contributed by atoms with E-state index >= 15 is 0 Å². The summed E-state index contributed by atoms with van der Waals surface area (Å²) < 4.78 is 5.87. The maximum absolute atomic E-state index is 13.1. The molecule has 0 saturated heterocycles. The van der Waals surface area contributed by atoms with Crippen molar-refractivity contribution >= 4 is 11.9 Å². The molecule has 0 radical (unpaired) electrons. The lowest BCUT2D eigenvalue weighted by Crippen LogP contribution is -2.46. The van der Waals surface area contributed by atoms with Gasteiger partial charge in [-0.1, -0.05) is 184 Å². The van der Waals surface area contributed by atoms with Gasteiger partial charge in [0.05, 0.1) is 25.2 Å². The Labute approximate surface area is 345 Å². The highest BCUT2D eigenvalue weighted by atomic mass is 16.5. The molecule has 0 bridgehead atoms. The number of hydrogen-bond donors (Lipinski definition) is 3. The van der Waals surface area contributed by atoms with Crippen molar-refractivity contribution < 1.29 is 24.5 Å². The molecule has 0 heterocycles. The molecule has 56 heavy (non-hydrogen) atoms. The van der Waals surface area contributed by atoms with E-state index in [0.717, 1.165) is 96.3 Å². The van der Waals surface area contributed by atoms with Crippen molar-refractivity contribution in [2.24, 2.45) is 0 Å². The second kappa shape index (κ2) is 43.4. The van der Waals surface area contributed by atoms with Gasteiger partial charge in [0.15, 0.2) is 0 Å². The van der Waals surface area contributed by atoms with Gasteiger partial charge in [0.2, 0.25) is 5.91 Å². The van der Waals surface area contributed by atoms with Crippen molar-refractivity contribution in [1.29, 1.82) is 0 Å². The fourth-order valence-electron chi connectivity index (χ4n) is 6.55. The number of allylic oxidation sites excluding steroid dienone is 12. The Morgan fingerprint density at radius 3 is 1.66 bits per heavy atom. The lowest BCUT2D eigenvalue weighted by atomic mass is 10.0. The van der Waals surface area contributed by atoms with E-state index in [1.165, 1.54) is 64.2 Å². The first-order valence-corrected chi connectivity index (χ1v) is 23.2. The van der Waals surface area contributed by atoms with Crippen molar-refractivity contribution in [3.8, 4) is 0 Å². The molecule has 0 aromatic rings. The van der Waals surface area contributed by atoms with Crippen LogP contribution in [0, 0.1) is 0 Å². The summed E-state index contributed by atoms with van der Waals surface area (Å²) in [7, 11) is 0. The third kappa shape index (κ3) is 38.2. The van der Waals surface area contributed by atoms with E-state index in [0.29, 0.717) is 19.3 Å². The van der Waals surface area contributed by atoms with Gasteiger partial charge in [-0.15, -0.1) is 0 Å². The minimum absolute atomic E-state index is 0.0419. The summed E-state index contributed by atoms with van der Waals surface area (Å²) in [4.78, 5) is 26.0. The molecule has 0 aromatic carbocycles. The van der Waals surface area contributed by atoms with Gasteiger partial charge in [-0.25, -0.2) is 0 Å². The molecule has 0 aliphatic heterocycles. The van der Waals surface area contributed by atoms with Crippen LogP contribution in [-0.2, 0) is 14.3 Å². The average Bonchev–Trinajstić information content (AvgIpc) is 3.19. The molecule has 0 fully saturated rings. The van der Waals surface area contributed by atoms with Crippen LogP contribution < -0.4 is 5.32 Å². The molecule has 3 unspecified atom stereocenters. The Bertz CT molecular complexity index is 1060. The summed E-state index contributed by atoms with van der Waals surface area (Å²) in [5.41, 5.74) is 0. The van der Waals surface area contributed by atoms with Crippen LogP contribution in [-0.4, -0.2) is 46.9 Å². The fourth-order valence-corrected chi connectivity index (χ4v) is 6.55. The van der Waals surface area contributed by atoms with Gasteiger partial charge in [0, 0.05) is 6.42 Å². The normalized spacial score (nSPS) is 14.0. The number of hydrogen-bond acceptors (Lipinski definition) is 5. The lowest BCUT2D eigenvalue weighted by molar-refractivity contribution is -0.151. The largest absolute Gasteiger partial charge is 0.462 e. The maximum atomic E-state index is 13.1. The van der Waals surface area contributed by atoms with E-state index in [2.05, 4.69) is 86.8 Å². The first-order valence-electron chi connectivity index (χ1n) is 23.2. The van der Waals surface area contributed by atoms with Gasteiger partial charge in [0.25, 0.3) is 0 Å². The van der Waals surface area contributed by atoms with Crippen LogP contribution in [0.4, 0.5) is 0 Å². The Morgan fingerprint density at radius 2 is 1.04 bits per heavy atom. The monoisotopic (exact) mass is 782 g/mol. The fraction of sp³-hybridized carbons (Fsp3) is 0.720. The van der Waals surface area contributed by atoms with Crippen molar-refractivity contribution in [1.82, 2.24) is 5.32 Å². The molecule has 0 spiro atoms. The molecule has 6 heteroatoms. The molecule has 3 atom stereocenters. The van der Waals surface area contributed by atoms with Crippen LogP contribution in [0.2, 0.25) is 0 Å². The number of carbonyl (C=O) groups excluding carboxylic acids is 2. The maximum Gasteiger partial charge on any atom is 0.306 e. The molecule has 0 aliphatic rings. The number of nitrogens with one attached hydrogen (secondary N) is 1. The summed E-state index contributed by atoms with van der Waals surface area (Å²) in [6.45, 7) is 6.26. The number of unbranched alkanes of at least 4 members (excludes halogenated alkanes) is 18. The second-order valence-corrected chi connectivity index (χ2v) is 15.5. The summed E-state index contributed by atoms with van der Waals surface area (Å²) >= 11 is 0. The molecule has 3 N–H and O–H groups in total. The topological polar surface area (TPSA) is 95.9 Å². The van der Waals surface area contributed by atoms with Gasteiger partial charge >= 0.3 is 5.97 Å². The van der Waals surface area contributed by atoms with E-state index < -0.39 is 18.2 Å². The molecular formula is C50H87NO5. The zero-order chi connectivity index (χ0) is 41.0. The minimum atomic E-state index is -0.801. The van der Waals surface area contributed by atoms with Gasteiger partial charge < -0.3 is 20.3 Å². The SMILES string of the molecule is CC/C=C/C=C/C=C\CCCCCC(CC(=O)NC(CO)C(O)CCCCCCCCCCC)OC(=O)CCCCCC/C=C\C/C=C\C/C=C\CCCCC. The standard InChI is InChI=1S/C50H87NO5/c1-4-7-10-13-16-19-21-22-23-24-25-26-28-31-34-37-40-43-50(55)56-46(41-38-35-32-30-27-20-17-14-11-8-5-2)44-49(54)51-47(45-52)48(53)42-39-36-33-29-18-15-12-9-6-3/h8,11,14,16-17,19-20,22-23,25-27,46-48,52-53H,4-7,9-10,12-13,15,18,21,24,28-45H2,1-3H3,(H,51,54)/b11-8+,17-14+,19-16-,23-22-,26-25-,27-20-. The van der Waals surface area contributed by atoms with E-state index in [1.54, 1.807) is 0 Å². The lowest BCUT2D eigenvalue weighted by Gasteiger charge is -2.24. The predicted octanol–water partition coefficient (Wildman–Crippen LogP) is 13.4. The number of carbonyl (C=O) groups is 2. The van der Waals surface area contributed by atoms with Crippen LogP contribution in [0.3, 0.4) is 0 Å². The summed E-state index contributed by atoms with van der Waals surface area (Å²) in [5, 5.41) is 23.6. The van der Waals surface area contributed by atoms with Crippen LogP contribution >= 0.6 is 0 Å².